The van der Waals surface area contributed by atoms with Gasteiger partial charge in [0.25, 0.3) is 0 Å². The second-order valence-electron chi connectivity index (χ2n) is 6.26. The summed E-state index contributed by atoms with van der Waals surface area (Å²) in [4.78, 5) is 24.4. The highest BCUT2D eigenvalue weighted by molar-refractivity contribution is 7.92. The van der Waals surface area contributed by atoms with Crippen molar-refractivity contribution >= 4 is 28.0 Å². The number of hydrogen-bond acceptors (Lipinski definition) is 4. The molecule has 1 aromatic carbocycles. The van der Waals surface area contributed by atoms with Crippen molar-refractivity contribution in [3.05, 3.63) is 41.3 Å². The zero-order chi connectivity index (χ0) is 17.9. The Kier molecular flexibility index (Phi) is 5.19. The van der Waals surface area contributed by atoms with E-state index in [4.69, 9.17) is 0 Å². The molecule has 3 amide bonds. The third kappa shape index (κ3) is 4.26. The largest absolute Gasteiger partial charge is 0.329 e. The smallest absolute Gasteiger partial charge is 0.324 e. The predicted octanol–water partition coefficient (Wildman–Crippen LogP) is 1.25. The van der Waals surface area contributed by atoms with Gasteiger partial charge >= 0.3 is 6.03 Å². The minimum absolute atomic E-state index is 0.0519. The van der Waals surface area contributed by atoms with Crippen molar-refractivity contribution in [2.75, 3.05) is 26.2 Å². The molecule has 3 rings (SSSR count). The first-order valence-corrected chi connectivity index (χ1v) is 9.77. The van der Waals surface area contributed by atoms with Crippen LogP contribution in [0.25, 0.3) is 6.08 Å². The second kappa shape index (κ2) is 7.37. The molecule has 2 fully saturated rings. The standard InChI is InChI=1S/C17H21N3O4S/c21-16-12-18-17(22)20(16)13-15-6-9-19(10-7-15)25(23,24)11-8-14-4-2-1-3-5-14/h1-5,8,11,15H,6-7,9-10,12-13H2,(H,18,22)/b11-8+. The van der Waals surface area contributed by atoms with E-state index in [0.717, 1.165) is 5.56 Å². The van der Waals surface area contributed by atoms with Crippen molar-refractivity contribution in [1.82, 2.24) is 14.5 Å². The molecule has 0 saturated carbocycles. The number of amides is 3. The summed E-state index contributed by atoms with van der Waals surface area (Å²) in [5.74, 6) is -0.0804. The Morgan fingerprint density at radius 2 is 1.80 bits per heavy atom. The lowest BCUT2D eigenvalue weighted by Gasteiger charge is -2.31. The Labute approximate surface area is 147 Å². The van der Waals surface area contributed by atoms with Gasteiger partial charge in [0.05, 0.1) is 6.54 Å². The van der Waals surface area contributed by atoms with E-state index in [9.17, 15) is 18.0 Å². The first kappa shape index (κ1) is 17.6. The molecule has 134 valence electrons. The fraction of sp³-hybridized carbons (Fsp3) is 0.412. The van der Waals surface area contributed by atoms with Crippen LogP contribution in [-0.2, 0) is 14.8 Å². The third-order valence-electron chi connectivity index (χ3n) is 4.54. The Morgan fingerprint density at radius 3 is 2.40 bits per heavy atom. The lowest BCUT2D eigenvalue weighted by atomic mass is 9.97. The van der Waals surface area contributed by atoms with Crippen molar-refractivity contribution in [2.24, 2.45) is 5.92 Å². The van der Waals surface area contributed by atoms with Crippen LogP contribution in [0.3, 0.4) is 0 Å². The van der Waals surface area contributed by atoms with Crippen LogP contribution >= 0.6 is 0 Å². The van der Waals surface area contributed by atoms with Gasteiger partial charge in [-0.1, -0.05) is 30.3 Å². The topological polar surface area (TPSA) is 86.8 Å². The van der Waals surface area contributed by atoms with Crippen LogP contribution in [-0.4, -0.2) is 55.7 Å². The van der Waals surface area contributed by atoms with Gasteiger partial charge in [-0.15, -0.1) is 0 Å². The molecule has 2 saturated heterocycles. The summed E-state index contributed by atoms with van der Waals surface area (Å²) in [6.45, 7) is 1.21. The summed E-state index contributed by atoms with van der Waals surface area (Å²) in [5, 5.41) is 3.73. The number of carbonyl (C=O) groups is 2. The molecular formula is C17H21N3O4S. The van der Waals surface area contributed by atoms with Gasteiger partial charge in [-0.25, -0.2) is 13.2 Å². The summed E-state index contributed by atoms with van der Waals surface area (Å²) in [5.41, 5.74) is 0.833. The van der Waals surface area contributed by atoms with Gasteiger partial charge in [0.15, 0.2) is 0 Å². The Hall–Kier alpha value is -2.19. The van der Waals surface area contributed by atoms with Crippen LogP contribution in [0, 0.1) is 5.92 Å². The molecule has 2 aliphatic rings. The van der Waals surface area contributed by atoms with E-state index < -0.39 is 10.0 Å². The quantitative estimate of drug-likeness (QED) is 0.798. The lowest BCUT2D eigenvalue weighted by Crippen LogP contribution is -2.42. The van der Waals surface area contributed by atoms with Gasteiger partial charge < -0.3 is 5.32 Å². The van der Waals surface area contributed by atoms with Crippen LogP contribution in [0.4, 0.5) is 4.79 Å². The second-order valence-corrected chi connectivity index (χ2v) is 8.08. The van der Waals surface area contributed by atoms with Gasteiger partial charge in [0, 0.05) is 25.0 Å². The van der Waals surface area contributed by atoms with Crippen molar-refractivity contribution in [3.63, 3.8) is 0 Å². The normalized spacial score (nSPS) is 20.4. The fourth-order valence-electron chi connectivity index (χ4n) is 3.06. The maximum Gasteiger partial charge on any atom is 0.324 e. The summed E-state index contributed by atoms with van der Waals surface area (Å²) in [7, 11) is -3.46. The number of urea groups is 1. The highest BCUT2D eigenvalue weighted by Crippen LogP contribution is 2.22. The number of rotatable bonds is 5. The van der Waals surface area contributed by atoms with Crippen molar-refractivity contribution in [1.29, 1.82) is 0 Å². The van der Waals surface area contributed by atoms with E-state index in [1.54, 1.807) is 6.08 Å². The average molecular weight is 363 g/mol. The van der Waals surface area contributed by atoms with Crippen LogP contribution < -0.4 is 5.32 Å². The van der Waals surface area contributed by atoms with E-state index in [1.807, 2.05) is 30.3 Å². The zero-order valence-corrected chi connectivity index (χ0v) is 14.6. The molecule has 2 aliphatic heterocycles. The summed E-state index contributed by atoms with van der Waals surface area (Å²) in [6.07, 6.45) is 2.86. The molecule has 2 heterocycles. The van der Waals surface area contributed by atoms with E-state index in [1.165, 1.54) is 14.6 Å². The SMILES string of the molecule is O=C1CNC(=O)N1CC1CCN(S(=O)(=O)/C=C/c2ccccc2)CC1. The van der Waals surface area contributed by atoms with Crippen molar-refractivity contribution < 1.29 is 18.0 Å². The summed E-state index contributed by atoms with van der Waals surface area (Å²) < 4.78 is 26.3. The molecule has 0 unspecified atom stereocenters. The first-order valence-electron chi connectivity index (χ1n) is 8.27. The van der Waals surface area contributed by atoms with Gasteiger partial charge in [0.1, 0.15) is 0 Å². The number of imide groups is 1. The number of nitrogens with zero attached hydrogens (tertiary/aromatic N) is 2. The van der Waals surface area contributed by atoms with Gasteiger partial charge in [0.2, 0.25) is 15.9 Å². The molecule has 0 spiro atoms. The molecule has 0 bridgehead atoms. The molecule has 0 radical (unpaired) electrons. The Morgan fingerprint density at radius 1 is 1.12 bits per heavy atom. The molecule has 1 aromatic rings. The number of sulfonamides is 1. The maximum absolute atomic E-state index is 12.4. The number of nitrogens with one attached hydrogen (secondary N) is 1. The van der Waals surface area contributed by atoms with E-state index in [0.29, 0.717) is 32.5 Å². The lowest BCUT2D eigenvalue weighted by molar-refractivity contribution is -0.125. The van der Waals surface area contributed by atoms with E-state index in [2.05, 4.69) is 5.32 Å². The van der Waals surface area contributed by atoms with Gasteiger partial charge in [-0.3, -0.25) is 9.69 Å². The van der Waals surface area contributed by atoms with Crippen molar-refractivity contribution in [3.8, 4) is 0 Å². The predicted molar refractivity (Wildman–Crippen MR) is 93.8 cm³/mol. The molecule has 7 nitrogen and oxygen atoms in total. The minimum atomic E-state index is -3.46. The molecule has 0 atom stereocenters. The highest BCUT2D eigenvalue weighted by Gasteiger charge is 2.33. The van der Waals surface area contributed by atoms with E-state index >= 15 is 0 Å². The summed E-state index contributed by atoms with van der Waals surface area (Å²) >= 11 is 0. The molecule has 0 aliphatic carbocycles. The molecule has 25 heavy (non-hydrogen) atoms. The highest BCUT2D eigenvalue weighted by atomic mass is 32.2. The monoisotopic (exact) mass is 363 g/mol. The number of benzene rings is 1. The molecular weight excluding hydrogens is 342 g/mol. The molecule has 8 heteroatoms. The van der Waals surface area contributed by atoms with Crippen LogP contribution in [0.1, 0.15) is 18.4 Å². The zero-order valence-electron chi connectivity index (χ0n) is 13.8. The summed E-state index contributed by atoms with van der Waals surface area (Å²) in [6, 6.07) is 8.92. The van der Waals surface area contributed by atoms with Crippen LogP contribution in [0.2, 0.25) is 0 Å². The Balaban J connectivity index is 1.55. The Bertz CT molecular complexity index is 752. The fourth-order valence-corrected chi connectivity index (χ4v) is 4.28. The number of hydrogen-bond donors (Lipinski definition) is 1. The molecule has 0 aromatic heterocycles. The van der Waals surface area contributed by atoms with E-state index in [-0.39, 0.29) is 24.4 Å². The average Bonchev–Trinajstić information content (AvgIpc) is 2.93. The maximum atomic E-state index is 12.4. The van der Waals surface area contributed by atoms with Gasteiger partial charge in [-0.05, 0) is 30.4 Å². The van der Waals surface area contributed by atoms with Crippen molar-refractivity contribution in [2.45, 2.75) is 12.8 Å². The minimum Gasteiger partial charge on any atom is -0.329 e. The number of carbonyl (C=O) groups excluding carboxylic acids is 2. The first-order chi connectivity index (χ1) is 12.0. The molecule has 1 N–H and O–H groups in total. The number of piperidine rings is 1. The van der Waals surface area contributed by atoms with Crippen LogP contribution in [0.15, 0.2) is 35.7 Å². The van der Waals surface area contributed by atoms with Crippen LogP contribution in [0.5, 0.6) is 0 Å². The van der Waals surface area contributed by atoms with Gasteiger partial charge in [-0.2, -0.15) is 4.31 Å². The third-order valence-corrected chi connectivity index (χ3v) is 6.11.